The van der Waals surface area contributed by atoms with Crippen LogP contribution >= 0.6 is 11.8 Å². The Morgan fingerprint density at radius 2 is 1.73 bits per heavy atom. The molecule has 3 amide bonds. The molecule has 44 heavy (non-hydrogen) atoms. The molecular formula is C31H40N6O5S2. The van der Waals surface area contributed by atoms with Crippen LogP contribution in [0.4, 0.5) is 9.59 Å². The minimum absolute atomic E-state index is 0.0192. The summed E-state index contributed by atoms with van der Waals surface area (Å²) in [5.41, 5.74) is 3.73. The molecule has 3 aromatic rings. The maximum atomic E-state index is 13.1. The lowest BCUT2D eigenvalue weighted by molar-refractivity contribution is 0.150. The Labute approximate surface area is 263 Å². The molecule has 0 saturated heterocycles. The molecule has 1 aliphatic rings. The molecule has 1 aliphatic heterocycles. The third-order valence-electron chi connectivity index (χ3n) is 6.92. The Balaban J connectivity index is 1.62. The summed E-state index contributed by atoms with van der Waals surface area (Å²) in [6.07, 6.45) is 4.37. The summed E-state index contributed by atoms with van der Waals surface area (Å²) in [5.74, 6) is 1.74. The van der Waals surface area contributed by atoms with E-state index in [-0.39, 0.29) is 4.90 Å². The Morgan fingerprint density at radius 3 is 2.45 bits per heavy atom. The Morgan fingerprint density at radius 1 is 1.00 bits per heavy atom. The summed E-state index contributed by atoms with van der Waals surface area (Å²) in [5, 5.41) is 10.3. The second-order valence-electron chi connectivity index (χ2n) is 10.4. The molecule has 0 bridgehead atoms. The molecule has 0 atom stereocenters. The number of amides is 3. The molecule has 0 fully saturated rings. The number of nitrogens with one attached hydrogen (secondary N) is 3. The molecule has 4 rings (SSSR count). The number of hydrogen-bond donors (Lipinski definition) is 3. The summed E-state index contributed by atoms with van der Waals surface area (Å²) in [6.45, 7) is 7.40. The summed E-state index contributed by atoms with van der Waals surface area (Å²) in [7, 11) is -4.10. The van der Waals surface area contributed by atoms with Crippen molar-refractivity contribution in [1.29, 1.82) is 0 Å². The number of rotatable bonds is 13. The van der Waals surface area contributed by atoms with E-state index in [0.717, 1.165) is 53.5 Å². The molecule has 2 heterocycles. The van der Waals surface area contributed by atoms with Crippen LogP contribution in [-0.2, 0) is 27.8 Å². The van der Waals surface area contributed by atoms with E-state index in [2.05, 4.69) is 32.0 Å². The highest BCUT2D eigenvalue weighted by molar-refractivity contribution is 7.99. The zero-order chi connectivity index (χ0) is 31.5. The van der Waals surface area contributed by atoms with Crippen LogP contribution in [0.5, 0.6) is 0 Å². The van der Waals surface area contributed by atoms with E-state index in [4.69, 9.17) is 9.82 Å². The first kappa shape index (κ1) is 33.1. The maximum Gasteiger partial charge on any atom is 0.433 e. The van der Waals surface area contributed by atoms with Gasteiger partial charge in [-0.1, -0.05) is 74.8 Å². The lowest BCUT2D eigenvalue weighted by Gasteiger charge is -2.17. The number of oxime groups is 1. The Bertz CT molecular complexity index is 1590. The third kappa shape index (κ3) is 8.41. The fourth-order valence-corrected chi connectivity index (χ4v) is 6.90. The largest absolute Gasteiger partial charge is 0.433 e. The third-order valence-corrected chi connectivity index (χ3v) is 9.28. The van der Waals surface area contributed by atoms with Crippen molar-refractivity contribution in [3.63, 3.8) is 0 Å². The van der Waals surface area contributed by atoms with Gasteiger partial charge in [-0.05, 0) is 36.5 Å². The van der Waals surface area contributed by atoms with Gasteiger partial charge in [0, 0.05) is 43.8 Å². The van der Waals surface area contributed by atoms with Crippen LogP contribution < -0.4 is 15.4 Å². The first-order chi connectivity index (χ1) is 21.3. The van der Waals surface area contributed by atoms with Crippen LogP contribution in [0.2, 0.25) is 0 Å². The van der Waals surface area contributed by atoms with E-state index in [0.29, 0.717) is 49.3 Å². The fourth-order valence-electron chi connectivity index (χ4n) is 4.72. The van der Waals surface area contributed by atoms with Crippen LogP contribution in [0, 0.1) is 0 Å². The molecule has 2 aromatic carbocycles. The van der Waals surface area contributed by atoms with Crippen LogP contribution in [0.3, 0.4) is 0 Å². The molecule has 3 N–H and O–H groups in total. The van der Waals surface area contributed by atoms with Gasteiger partial charge in [-0.25, -0.2) is 27.7 Å². The highest BCUT2D eigenvalue weighted by atomic mass is 32.2. The number of imidazole rings is 1. The van der Waals surface area contributed by atoms with Crippen molar-refractivity contribution >= 4 is 39.6 Å². The minimum atomic E-state index is -4.10. The minimum Gasteiger partial charge on any atom is -0.337 e. The predicted molar refractivity (Wildman–Crippen MR) is 172 cm³/mol. The van der Waals surface area contributed by atoms with E-state index in [1.807, 2.05) is 38.1 Å². The van der Waals surface area contributed by atoms with Crippen molar-refractivity contribution in [2.45, 2.75) is 75.8 Å². The van der Waals surface area contributed by atoms with Crippen molar-refractivity contribution < 1.29 is 22.8 Å². The molecule has 0 aliphatic carbocycles. The summed E-state index contributed by atoms with van der Waals surface area (Å²) in [6, 6.07) is 13.5. The van der Waals surface area contributed by atoms with Crippen molar-refractivity contribution in [3.05, 3.63) is 65.6 Å². The molecule has 13 heteroatoms. The van der Waals surface area contributed by atoms with Crippen molar-refractivity contribution in [2.24, 2.45) is 5.16 Å². The van der Waals surface area contributed by atoms with E-state index in [9.17, 15) is 18.0 Å². The Hall–Kier alpha value is -3.84. The topological polar surface area (TPSA) is 144 Å². The molecule has 1 aromatic heterocycles. The van der Waals surface area contributed by atoms with E-state index in [1.54, 1.807) is 30.0 Å². The lowest BCUT2D eigenvalue weighted by atomic mass is 10.0. The average molecular weight is 641 g/mol. The van der Waals surface area contributed by atoms with E-state index >= 15 is 0 Å². The molecule has 236 valence electrons. The lowest BCUT2D eigenvalue weighted by Crippen LogP contribution is -2.39. The van der Waals surface area contributed by atoms with Gasteiger partial charge in [0.05, 0.1) is 4.90 Å². The average Bonchev–Trinajstić information content (AvgIpc) is 3.38. The van der Waals surface area contributed by atoms with E-state index < -0.39 is 22.1 Å². The Kier molecular flexibility index (Phi) is 11.8. The highest BCUT2D eigenvalue weighted by Crippen LogP contribution is 2.33. The van der Waals surface area contributed by atoms with Crippen molar-refractivity contribution in [2.75, 3.05) is 18.8 Å². The second kappa shape index (κ2) is 15.8. The number of unbranched alkanes of at least 4 members (excludes halogenated alkanes) is 1. The second-order valence-corrected chi connectivity index (χ2v) is 13.1. The first-order valence-corrected chi connectivity index (χ1v) is 17.5. The maximum absolute atomic E-state index is 13.1. The number of urea groups is 1. The van der Waals surface area contributed by atoms with Gasteiger partial charge in [0.1, 0.15) is 22.3 Å². The summed E-state index contributed by atoms with van der Waals surface area (Å²) in [4.78, 5) is 34.4. The monoisotopic (exact) mass is 640 g/mol. The molecule has 0 radical (unpaired) electrons. The van der Waals surface area contributed by atoms with Crippen molar-refractivity contribution in [3.8, 4) is 11.1 Å². The SMILES string of the molecule is CCCCc1nc2c(n1Cc1ccc(-c3ccccc3S(=O)(=O)NC(=O)NCCC)cc1)C(=NOC(=O)NCCC)CCS2. The van der Waals surface area contributed by atoms with Gasteiger partial charge in [0.2, 0.25) is 0 Å². The van der Waals surface area contributed by atoms with Gasteiger partial charge in [0.25, 0.3) is 10.0 Å². The standard InChI is InChI=1S/C31H40N6O5S2/c1-4-7-12-27-34-29-28(25(17-20-43-29)35-42-31(39)33-19-6-3)37(27)21-22-13-15-23(16-14-22)24-10-8-9-11-26(24)44(40,41)36-30(38)32-18-5-2/h8-11,13-16H,4-7,12,17-21H2,1-3H3,(H,33,39)(H2,32,36,38). The number of aromatic nitrogens is 2. The normalized spacial score (nSPS) is 13.8. The van der Waals surface area contributed by atoms with Crippen LogP contribution in [0.1, 0.15) is 70.0 Å². The number of aryl methyl sites for hydroxylation is 1. The van der Waals surface area contributed by atoms with Gasteiger partial charge in [0.15, 0.2) is 0 Å². The van der Waals surface area contributed by atoms with E-state index in [1.165, 1.54) is 6.07 Å². The number of benzene rings is 2. The number of nitrogens with zero attached hydrogens (tertiary/aromatic N) is 3. The fraction of sp³-hybridized carbons (Fsp3) is 0.419. The predicted octanol–water partition coefficient (Wildman–Crippen LogP) is 5.68. The number of thioether (sulfide) groups is 1. The van der Waals surface area contributed by atoms with Crippen LogP contribution in [-0.4, -0.2) is 54.6 Å². The van der Waals surface area contributed by atoms with Gasteiger partial charge in [-0.2, -0.15) is 0 Å². The summed E-state index contributed by atoms with van der Waals surface area (Å²) < 4.78 is 30.4. The number of fused-ring (bicyclic) bond motifs is 1. The van der Waals surface area contributed by atoms with Crippen molar-refractivity contribution in [1.82, 2.24) is 24.9 Å². The zero-order valence-electron chi connectivity index (χ0n) is 25.4. The number of carbonyl (C=O) groups excluding carboxylic acids is 2. The van der Waals surface area contributed by atoms with Gasteiger partial charge >= 0.3 is 12.1 Å². The highest BCUT2D eigenvalue weighted by Gasteiger charge is 2.27. The molecule has 0 spiro atoms. The van der Waals surface area contributed by atoms with Gasteiger partial charge < -0.3 is 15.2 Å². The van der Waals surface area contributed by atoms with Crippen LogP contribution in [0.15, 0.2) is 63.6 Å². The molecule has 0 saturated carbocycles. The molecular weight excluding hydrogens is 601 g/mol. The number of sulfonamides is 1. The van der Waals surface area contributed by atoms with Crippen LogP contribution in [0.25, 0.3) is 11.1 Å². The smallest absolute Gasteiger partial charge is 0.337 e. The van der Waals surface area contributed by atoms with Gasteiger partial charge in [-0.3, -0.25) is 4.84 Å². The quantitative estimate of drug-likeness (QED) is 0.161. The van der Waals surface area contributed by atoms with Gasteiger partial charge in [-0.15, -0.1) is 11.8 Å². The number of carbonyl (C=O) groups is 2. The summed E-state index contributed by atoms with van der Waals surface area (Å²) >= 11 is 1.67. The first-order valence-electron chi connectivity index (χ1n) is 15.0. The molecule has 11 nitrogen and oxygen atoms in total. The number of hydrogen-bond acceptors (Lipinski definition) is 8. The molecule has 0 unspecified atom stereocenters. The zero-order valence-corrected chi connectivity index (χ0v) is 27.0.